The summed E-state index contributed by atoms with van der Waals surface area (Å²) in [5, 5.41) is 9.03. The van der Waals surface area contributed by atoms with E-state index in [2.05, 4.69) is 25.9 Å². The maximum absolute atomic E-state index is 11.9. The lowest BCUT2D eigenvalue weighted by atomic mass is 10.3. The van der Waals surface area contributed by atoms with Crippen LogP contribution >= 0.6 is 0 Å². The fourth-order valence-corrected chi connectivity index (χ4v) is 2.73. The van der Waals surface area contributed by atoms with Crippen LogP contribution in [0.4, 0.5) is 0 Å². The van der Waals surface area contributed by atoms with Crippen molar-refractivity contribution in [2.75, 3.05) is 31.6 Å². The van der Waals surface area contributed by atoms with Crippen LogP contribution in [-0.4, -0.2) is 63.0 Å². The van der Waals surface area contributed by atoms with Crippen molar-refractivity contribution in [2.45, 2.75) is 26.3 Å². The zero-order chi connectivity index (χ0) is 18.7. The smallest absolute Gasteiger partial charge is 0.252 e. The van der Waals surface area contributed by atoms with Crippen LogP contribution in [0.1, 0.15) is 30.6 Å². The minimum absolute atomic E-state index is 0.0301. The molecule has 9 heteroatoms. The van der Waals surface area contributed by atoms with Crippen molar-refractivity contribution in [3.05, 3.63) is 30.1 Å². The van der Waals surface area contributed by atoms with Crippen molar-refractivity contribution in [3.63, 3.8) is 0 Å². The molecule has 1 amide bonds. The lowest BCUT2D eigenvalue weighted by molar-refractivity contribution is 0.0954. The molecule has 0 aliphatic heterocycles. The second-order valence-corrected chi connectivity index (χ2v) is 7.98. The summed E-state index contributed by atoms with van der Waals surface area (Å²) in [6.45, 7) is 5.33. The van der Waals surface area contributed by atoms with Gasteiger partial charge in [-0.15, -0.1) is 0 Å². The van der Waals surface area contributed by atoms with Crippen LogP contribution in [-0.2, 0) is 9.84 Å². The molecule has 0 saturated carbocycles. The van der Waals surface area contributed by atoms with Crippen LogP contribution in [0.15, 0.2) is 29.5 Å². The number of pyridine rings is 1. The van der Waals surface area contributed by atoms with Crippen LogP contribution < -0.4 is 16.0 Å². The maximum atomic E-state index is 11.9. The lowest BCUT2D eigenvalue weighted by Gasteiger charge is -2.17. The summed E-state index contributed by atoms with van der Waals surface area (Å²) >= 11 is 0. The second-order valence-electron chi connectivity index (χ2n) is 5.72. The third-order valence-corrected chi connectivity index (χ3v) is 4.22. The van der Waals surface area contributed by atoms with E-state index in [-0.39, 0.29) is 17.7 Å². The average molecular weight is 369 g/mol. The van der Waals surface area contributed by atoms with Gasteiger partial charge >= 0.3 is 0 Å². The van der Waals surface area contributed by atoms with Crippen LogP contribution in [0.2, 0.25) is 0 Å². The Morgan fingerprint density at radius 3 is 2.72 bits per heavy atom. The highest BCUT2D eigenvalue weighted by Gasteiger charge is 2.09. The molecular weight excluding hydrogens is 342 g/mol. The molecule has 0 bridgehead atoms. The molecule has 1 aromatic heterocycles. The first-order valence-corrected chi connectivity index (χ1v) is 10.3. The van der Waals surface area contributed by atoms with Crippen molar-refractivity contribution in [1.82, 2.24) is 20.9 Å². The number of hydrogen-bond acceptors (Lipinski definition) is 5. The third-order valence-electron chi connectivity index (χ3n) is 3.24. The van der Waals surface area contributed by atoms with Gasteiger partial charge in [0.05, 0.1) is 17.9 Å². The second kappa shape index (κ2) is 10.7. The third kappa shape index (κ3) is 9.65. The van der Waals surface area contributed by atoms with E-state index in [0.717, 1.165) is 0 Å². The minimum atomic E-state index is -2.98. The van der Waals surface area contributed by atoms with Gasteiger partial charge in [0.25, 0.3) is 5.91 Å². The molecule has 0 radical (unpaired) electrons. The molecule has 1 atom stereocenters. The number of rotatable bonds is 9. The molecule has 0 aliphatic rings. The van der Waals surface area contributed by atoms with Gasteiger partial charge in [-0.1, -0.05) is 0 Å². The first kappa shape index (κ1) is 20.9. The number of carbonyl (C=O) groups is 1. The van der Waals surface area contributed by atoms with Gasteiger partial charge in [0.15, 0.2) is 5.96 Å². The number of amides is 1. The Morgan fingerprint density at radius 1 is 1.36 bits per heavy atom. The molecule has 1 heterocycles. The van der Waals surface area contributed by atoms with E-state index in [0.29, 0.717) is 37.6 Å². The lowest BCUT2D eigenvalue weighted by Crippen LogP contribution is -2.43. The number of guanidine groups is 1. The van der Waals surface area contributed by atoms with Crippen molar-refractivity contribution in [3.8, 4) is 0 Å². The molecule has 1 rings (SSSR count). The van der Waals surface area contributed by atoms with E-state index >= 15 is 0 Å². The van der Waals surface area contributed by atoms with E-state index in [1.165, 1.54) is 12.5 Å². The van der Waals surface area contributed by atoms with E-state index in [1.54, 1.807) is 18.3 Å². The molecule has 0 saturated heterocycles. The molecule has 0 aliphatic carbocycles. The Labute approximate surface area is 149 Å². The summed E-state index contributed by atoms with van der Waals surface area (Å²) in [5.74, 6) is 0.531. The monoisotopic (exact) mass is 369 g/mol. The van der Waals surface area contributed by atoms with Gasteiger partial charge in [-0.3, -0.25) is 14.8 Å². The van der Waals surface area contributed by atoms with Gasteiger partial charge in [0.1, 0.15) is 9.84 Å². The number of nitrogens with one attached hydrogen (secondary N) is 3. The molecule has 0 fully saturated rings. The van der Waals surface area contributed by atoms with Gasteiger partial charge in [0, 0.05) is 37.8 Å². The van der Waals surface area contributed by atoms with E-state index < -0.39 is 9.84 Å². The molecule has 3 N–H and O–H groups in total. The van der Waals surface area contributed by atoms with Gasteiger partial charge < -0.3 is 16.0 Å². The molecule has 1 unspecified atom stereocenters. The number of sulfone groups is 1. The van der Waals surface area contributed by atoms with Crippen molar-refractivity contribution in [1.29, 1.82) is 0 Å². The summed E-state index contributed by atoms with van der Waals surface area (Å²) < 4.78 is 22.4. The summed E-state index contributed by atoms with van der Waals surface area (Å²) in [7, 11) is -2.98. The molecular formula is C16H27N5O3S. The fraction of sp³-hybridized carbons (Fsp3) is 0.562. The van der Waals surface area contributed by atoms with Gasteiger partial charge in [-0.25, -0.2) is 8.42 Å². The summed E-state index contributed by atoms with van der Waals surface area (Å²) in [4.78, 5) is 20.2. The first-order valence-electron chi connectivity index (χ1n) is 8.22. The highest BCUT2D eigenvalue weighted by Crippen LogP contribution is 1.96. The highest BCUT2D eigenvalue weighted by atomic mass is 32.2. The Hall–Kier alpha value is -2.16. The predicted molar refractivity (Wildman–Crippen MR) is 99.5 cm³/mol. The van der Waals surface area contributed by atoms with Crippen LogP contribution in [0.3, 0.4) is 0 Å². The Bertz CT molecular complexity index is 662. The van der Waals surface area contributed by atoms with Crippen LogP contribution in [0.25, 0.3) is 0 Å². The summed E-state index contributed by atoms with van der Waals surface area (Å²) in [5.41, 5.74) is 0.505. The van der Waals surface area contributed by atoms with Crippen LogP contribution in [0.5, 0.6) is 0 Å². The molecule has 140 valence electrons. The van der Waals surface area contributed by atoms with Gasteiger partial charge in [0.2, 0.25) is 0 Å². The quantitative estimate of drug-likeness (QED) is 0.325. The highest BCUT2D eigenvalue weighted by molar-refractivity contribution is 7.90. The molecule has 25 heavy (non-hydrogen) atoms. The SMILES string of the molecule is CCNC(=NCCNC(=O)c1cccnc1)NC(C)CCS(C)(=O)=O. The van der Waals surface area contributed by atoms with Gasteiger partial charge in [-0.05, 0) is 32.4 Å². The molecule has 1 aromatic rings. The minimum Gasteiger partial charge on any atom is -0.357 e. The van der Waals surface area contributed by atoms with Crippen molar-refractivity contribution in [2.24, 2.45) is 4.99 Å². The normalized spacial score (nSPS) is 13.2. The fourth-order valence-electron chi connectivity index (χ4n) is 1.95. The summed E-state index contributed by atoms with van der Waals surface area (Å²) in [6.07, 6.45) is 4.85. The Morgan fingerprint density at radius 2 is 2.12 bits per heavy atom. The van der Waals surface area contributed by atoms with Crippen molar-refractivity contribution >= 4 is 21.7 Å². The zero-order valence-corrected chi connectivity index (χ0v) is 15.8. The first-order chi connectivity index (χ1) is 11.8. The molecule has 0 spiro atoms. The summed E-state index contributed by atoms with van der Waals surface area (Å²) in [6, 6.07) is 3.37. The number of aromatic nitrogens is 1. The van der Waals surface area contributed by atoms with Crippen LogP contribution in [0, 0.1) is 0 Å². The zero-order valence-electron chi connectivity index (χ0n) is 14.9. The predicted octanol–water partition coefficient (Wildman–Crippen LogP) is 0.190. The number of nitrogens with zero attached hydrogens (tertiary/aromatic N) is 2. The number of aliphatic imine (C=N–C) groups is 1. The van der Waals surface area contributed by atoms with Gasteiger partial charge in [-0.2, -0.15) is 0 Å². The number of carbonyl (C=O) groups excluding carboxylic acids is 1. The average Bonchev–Trinajstić information content (AvgIpc) is 2.57. The van der Waals surface area contributed by atoms with E-state index in [4.69, 9.17) is 0 Å². The Kier molecular flexibility index (Phi) is 8.90. The largest absolute Gasteiger partial charge is 0.357 e. The van der Waals surface area contributed by atoms with Crippen molar-refractivity contribution < 1.29 is 13.2 Å². The Balaban J connectivity index is 2.43. The topological polar surface area (TPSA) is 113 Å². The molecule has 0 aromatic carbocycles. The van der Waals surface area contributed by atoms with E-state index in [1.807, 2.05) is 13.8 Å². The molecule has 8 nitrogen and oxygen atoms in total. The maximum Gasteiger partial charge on any atom is 0.252 e. The standard InChI is InChI=1S/C16H27N5O3S/c1-4-18-16(21-13(2)7-11-25(3,23)24)20-10-9-19-15(22)14-6-5-8-17-12-14/h5-6,8,12-13H,4,7,9-11H2,1-3H3,(H,19,22)(H2,18,20,21). The number of hydrogen-bond donors (Lipinski definition) is 3. The van der Waals surface area contributed by atoms with E-state index in [9.17, 15) is 13.2 Å².